The summed E-state index contributed by atoms with van der Waals surface area (Å²) in [6.45, 7) is 5.27. The van der Waals surface area contributed by atoms with E-state index in [1.54, 1.807) is 11.3 Å². The highest BCUT2D eigenvalue weighted by Crippen LogP contribution is 2.28. The first-order valence-electron chi connectivity index (χ1n) is 6.27. The molecule has 2 nitrogen and oxygen atoms in total. The van der Waals surface area contributed by atoms with Crippen molar-refractivity contribution in [2.45, 2.75) is 19.3 Å². The second-order valence-electron chi connectivity index (χ2n) is 5.27. The molecule has 0 radical (unpaired) electrons. The number of hydrogen-bond acceptors (Lipinski definition) is 3. The summed E-state index contributed by atoms with van der Waals surface area (Å²) >= 11 is 12.9. The topological polar surface area (TPSA) is 38.0 Å². The highest BCUT2D eigenvalue weighted by molar-refractivity contribution is 7.80. The molecule has 1 heterocycles. The van der Waals surface area contributed by atoms with Gasteiger partial charge in [-0.1, -0.05) is 43.7 Å². The number of nitrogens with two attached hydrogens (primary N) is 1. The van der Waals surface area contributed by atoms with E-state index in [-0.39, 0.29) is 5.41 Å². The summed E-state index contributed by atoms with van der Waals surface area (Å²) in [4.78, 5) is 1.68. The van der Waals surface area contributed by atoms with Gasteiger partial charge in [0.2, 0.25) is 0 Å². The van der Waals surface area contributed by atoms with Crippen molar-refractivity contribution in [2.24, 2.45) is 5.73 Å². The van der Waals surface area contributed by atoms with E-state index in [2.05, 4.69) is 36.7 Å². The lowest BCUT2D eigenvalue weighted by molar-refractivity contribution is 0.569. The highest BCUT2D eigenvalue weighted by atomic mass is 35.5. The van der Waals surface area contributed by atoms with Crippen LogP contribution in [0.1, 0.15) is 24.3 Å². The van der Waals surface area contributed by atoms with E-state index in [1.807, 2.05) is 18.2 Å². The number of halogens is 1. The average molecular weight is 325 g/mol. The molecule has 0 saturated carbocycles. The van der Waals surface area contributed by atoms with Crippen LogP contribution in [-0.4, -0.2) is 11.5 Å². The lowest BCUT2D eigenvalue weighted by Gasteiger charge is -2.24. The molecule has 1 aromatic heterocycles. The predicted molar refractivity (Wildman–Crippen MR) is 93.2 cm³/mol. The van der Waals surface area contributed by atoms with Crippen molar-refractivity contribution in [3.8, 4) is 0 Å². The van der Waals surface area contributed by atoms with Gasteiger partial charge < -0.3 is 11.1 Å². The number of benzene rings is 1. The molecule has 0 atom stereocenters. The van der Waals surface area contributed by atoms with E-state index < -0.39 is 0 Å². The Hall–Kier alpha value is -1.10. The van der Waals surface area contributed by atoms with Crippen LogP contribution >= 0.6 is 35.2 Å². The van der Waals surface area contributed by atoms with Crippen molar-refractivity contribution in [3.63, 3.8) is 0 Å². The third-order valence-corrected chi connectivity index (χ3v) is 4.93. The van der Waals surface area contributed by atoms with Crippen LogP contribution in [0.3, 0.4) is 0 Å². The minimum absolute atomic E-state index is 0.0719. The van der Waals surface area contributed by atoms with Crippen molar-refractivity contribution in [1.29, 1.82) is 0 Å². The van der Waals surface area contributed by atoms with Gasteiger partial charge in [0, 0.05) is 28.1 Å². The standard InChI is InChI=1S/C15H17ClN2S2/c1-15(2,13-4-3-7-20-13)9-18-10-5-6-11(14(17)19)12(16)8-10/h3-8,18H,9H2,1-2H3,(H2,17,19). The van der Waals surface area contributed by atoms with Gasteiger partial charge in [0.25, 0.3) is 0 Å². The molecule has 106 valence electrons. The van der Waals surface area contributed by atoms with Gasteiger partial charge in [-0.3, -0.25) is 0 Å². The summed E-state index contributed by atoms with van der Waals surface area (Å²) < 4.78 is 0. The summed E-state index contributed by atoms with van der Waals surface area (Å²) in [6.07, 6.45) is 0. The fourth-order valence-corrected chi connectivity index (χ4v) is 3.27. The molecule has 2 aromatic rings. The smallest absolute Gasteiger partial charge is 0.105 e. The first-order chi connectivity index (χ1) is 9.40. The van der Waals surface area contributed by atoms with Crippen molar-refractivity contribution >= 4 is 45.8 Å². The van der Waals surface area contributed by atoms with Crippen LogP contribution in [0, 0.1) is 0 Å². The Morgan fingerprint density at radius 2 is 2.15 bits per heavy atom. The first-order valence-corrected chi connectivity index (χ1v) is 7.94. The fourth-order valence-electron chi connectivity index (χ4n) is 1.90. The van der Waals surface area contributed by atoms with Crippen LogP contribution in [0.5, 0.6) is 0 Å². The molecule has 0 bridgehead atoms. The van der Waals surface area contributed by atoms with Gasteiger partial charge in [-0.25, -0.2) is 0 Å². The zero-order chi connectivity index (χ0) is 14.8. The SMILES string of the molecule is CC(C)(CNc1ccc(C(N)=S)c(Cl)c1)c1cccs1. The van der Waals surface area contributed by atoms with Crippen LogP contribution < -0.4 is 11.1 Å². The Morgan fingerprint density at radius 1 is 1.40 bits per heavy atom. The average Bonchev–Trinajstić information content (AvgIpc) is 2.90. The van der Waals surface area contributed by atoms with Crippen LogP contribution in [-0.2, 0) is 5.41 Å². The Labute approximate surface area is 134 Å². The predicted octanol–water partition coefficient (Wildman–Crippen LogP) is 4.43. The molecule has 0 spiro atoms. The van der Waals surface area contributed by atoms with E-state index in [9.17, 15) is 0 Å². The number of rotatable bonds is 5. The maximum atomic E-state index is 6.17. The molecule has 0 saturated heterocycles. The van der Waals surface area contributed by atoms with E-state index in [4.69, 9.17) is 29.6 Å². The fraction of sp³-hybridized carbons (Fsp3) is 0.267. The summed E-state index contributed by atoms with van der Waals surface area (Å²) in [7, 11) is 0. The van der Waals surface area contributed by atoms with Crippen LogP contribution in [0.4, 0.5) is 5.69 Å². The normalized spacial score (nSPS) is 11.3. The molecule has 5 heteroatoms. The minimum Gasteiger partial charge on any atom is -0.389 e. The molecular formula is C15H17ClN2S2. The molecule has 0 aliphatic carbocycles. The summed E-state index contributed by atoms with van der Waals surface area (Å²) in [5.74, 6) is 0. The van der Waals surface area contributed by atoms with Gasteiger partial charge >= 0.3 is 0 Å². The van der Waals surface area contributed by atoms with Crippen LogP contribution in [0.25, 0.3) is 0 Å². The van der Waals surface area contributed by atoms with E-state index in [0.717, 1.165) is 12.2 Å². The molecule has 1 aromatic carbocycles. The first kappa shape index (κ1) is 15.3. The van der Waals surface area contributed by atoms with Gasteiger partial charge in [0.05, 0.1) is 5.02 Å². The second-order valence-corrected chi connectivity index (χ2v) is 7.07. The van der Waals surface area contributed by atoms with Crippen LogP contribution in [0.15, 0.2) is 35.7 Å². The van der Waals surface area contributed by atoms with Crippen molar-refractivity contribution in [2.75, 3.05) is 11.9 Å². The Bertz CT molecular complexity index is 606. The lowest BCUT2D eigenvalue weighted by atomic mass is 9.91. The third-order valence-electron chi connectivity index (χ3n) is 3.16. The summed E-state index contributed by atoms with van der Waals surface area (Å²) in [5.41, 5.74) is 7.36. The van der Waals surface area contributed by atoms with E-state index in [1.165, 1.54) is 4.88 Å². The quantitative estimate of drug-likeness (QED) is 0.799. The van der Waals surface area contributed by atoms with Gasteiger partial charge in [-0.2, -0.15) is 0 Å². The number of thiophene rings is 1. The zero-order valence-corrected chi connectivity index (χ0v) is 13.8. The highest BCUT2D eigenvalue weighted by Gasteiger charge is 2.21. The zero-order valence-electron chi connectivity index (χ0n) is 11.4. The molecule has 0 unspecified atom stereocenters. The molecule has 0 amide bonds. The Balaban J connectivity index is 2.08. The number of hydrogen-bond donors (Lipinski definition) is 2. The molecule has 20 heavy (non-hydrogen) atoms. The maximum Gasteiger partial charge on any atom is 0.105 e. The van der Waals surface area contributed by atoms with E-state index >= 15 is 0 Å². The van der Waals surface area contributed by atoms with Gasteiger partial charge in [-0.15, -0.1) is 11.3 Å². The lowest BCUT2D eigenvalue weighted by Crippen LogP contribution is -2.26. The van der Waals surface area contributed by atoms with Gasteiger partial charge in [-0.05, 0) is 29.6 Å². The number of nitrogens with one attached hydrogen (secondary N) is 1. The minimum atomic E-state index is 0.0719. The van der Waals surface area contributed by atoms with Crippen LogP contribution in [0.2, 0.25) is 5.02 Å². The van der Waals surface area contributed by atoms with Gasteiger partial charge in [0.15, 0.2) is 0 Å². The van der Waals surface area contributed by atoms with Gasteiger partial charge in [0.1, 0.15) is 4.99 Å². The second kappa shape index (κ2) is 6.12. The Morgan fingerprint density at radius 3 is 2.70 bits per heavy atom. The van der Waals surface area contributed by atoms with Crippen molar-refractivity contribution in [3.05, 3.63) is 51.2 Å². The molecular weight excluding hydrogens is 308 g/mol. The van der Waals surface area contributed by atoms with E-state index in [0.29, 0.717) is 15.6 Å². The van der Waals surface area contributed by atoms with Crippen molar-refractivity contribution < 1.29 is 0 Å². The summed E-state index contributed by atoms with van der Waals surface area (Å²) in [5, 5.41) is 6.10. The maximum absolute atomic E-state index is 6.17. The molecule has 0 aliphatic rings. The largest absolute Gasteiger partial charge is 0.389 e. The number of anilines is 1. The molecule has 0 fully saturated rings. The summed E-state index contributed by atoms with van der Waals surface area (Å²) in [6, 6.07) is 9.90. The molecule has 2 rings (SSSR count). The third kappa shape index (κ3) is 3.51. The molecule has 0 aliphatic heterocycles. The number of thiocarbonyl (C=S) groups is 1. The monoisotopic (exact) mass is 324 g/mol. The molecule has 3 N–H and O–H groups in total. The van der Waals surface area contributed by atoms with Crippen molar-refractivity contribution in [1.82, 2.24) is 0 Å². The Kier molecular flexibility index (Phi) is 4.68.